The van der Waals surface area contributed by atoms with Crippen molar-refractivity contribution >= 4 is 23.5 Å². The molecule has 0 bridgehead atoms. The molecule has 0 saturated heterocycles. The van der Waals surface area contributed by atoms with Gasteiger partial charge in [-0.05, 0) is 48.0 Å². The summed E-state index contributed by atoms with van der Waals surface area (Å²) in [5.41, 5.74) is 0.530. The number of methoxy groups -OCH3 is 1. The molecule has 1 aromatic heterocycles. The van der Waals surface area contributed by atoms with Crippen LogP contribution in [0.4, 0.5) is 18.9 Å². The number of alkyl halides is 3. The van der Waals surface area contributed by atoms with Crippen LogP contribution in [0.5, 0.6) is 0 Å². The summed E-state index contributed by atoms with van der Waals surface area (Å²) < 4.78 is 51.3. The first kappa shape index (κ1) is 28.1. The van der Waals surface area contributed by atoms with Crippen molar-refractivity contribution in [3.8, 4) is 22.8 Å². The van der Waals surface area contributed by atoms with Crippen LogP contribution in [0.15, 0.2) is 88.3 Å². The number of aromatic nitrogens is 1. The maximum absolute atomic E-state index is 13.4. The van der Waals surface area contributed by atoms with E-state index in [1.165, 1.54) is 25.3 Å². The molecule has 0 aliphatic rings. The van der Waals surface area contributed by atoms with Gasteiger partial charge < -0.3 is 19.6 Å². The van der Waals surface area contributed by atoms with Gasteiger partial charge in [0.05, 0.1) is 24.8 Å². The molecule has 0 fully saturated rings. The Labute approximate surface area is 227 Å². The zero-order valence-electron chi connectivity index (χ0n) is 21.2. The van der Waals surface area contributed by atoms with Gasteiger partial charge in [0.1, 0.15) is 0 Å². The van der Waals surface area contributed by atoms with Gasteiger partial charge in [-0.25, -0.2) is 9.98 Å². The molecule has 206 valence electrons. The van der Waals surface area contributed by atoms with Crippen LogP contribution in [0, 0.1) is 0 Å². The normalized spacial score (nSPS) is 11.8. The van der Waals surface area contributed by atoms with Crippen LogP contribution in [0.1, 0.15) is 34.5 Å². The maximum Gasteiger partial charge on any atom is 0.416 e. The van der Waals surface area contributed by atoms with E-state index in [1.54, 1.807) is 48.5 Å². The number of amides is 1. The molecule has 1 heterocycles. The second-order valence-corrected chi connectivity index (χ2v) is 8.55. The Balaban J connectivity index is 1.64. The molecule has 2 N–H and O–H groups in total. The number of ether oxygens (including phenoxy) is 1. The molecule has 0 spiro atoms. The molecular formula is C29H24F3N3O5. The second-order valence-electron chi connectivity index (χ2n) is 8.55. The number of halogens is 3. The molecule has 0 saturated carbocycles. The number of hydrogen-bond acceptors (Lipinski definition) is 6. The van der Waals surface area contributed by atoms with Crippen LogP contribution in [0.25, 0.3) is 22.8 Å². The predicted octanol–water partition coefficient (Wildman–Crippen LogP) is 6.50. The minimum atomic E-state index is -4.57. The highest BCUT2D eigenvalue weighted by molar-refractivity contribution is 5.98. The number of aliphatic imine (C=N–C) groups is 1. The number of nitrogens with zero attached hydrogens (tertiary/aromatic N) is 2. The number of carbonyl (C=O) groups excluding carboxylic acids is 1. The number of carboxylic acids is 1. The molecular weight excluding hydrogens is 527 g/mol. The lowest BCUT2D eigenvalue weighted by atomic mass is 10.1. The average Bonchev–Trinajstić information content (AvgIpc) is 3.40. The van der Waals surface area contributed by atoms with E-state index in [2.05, 4.69) is 15.3 Å². The van der Waals surface area contributed by atoms with E-state index in [1.807, 2.05) is 6.07 Å². The first-order chi connectivity index (χ1) is 19.2. The fourth-order valence-electron chi connectivity index (χ4n) is 3.83. The van der Waals surface area contributed by atoms with Crippen LogP contribution in [-0.4, -0.2) is 35.0 Å². The number of benzene rings is 3. The zero-order chi connectivity index (χ0) is 28.7. The van der Waals surface area contributed by atoms with Crippen molar-refractivity contribution in [3.05, 3.63) is 95.7 Å². The van der Waals surface area contributed by atoms with Gasteiger partial charge in [-0.15, -0.1) is 0 Å². The van der Waals surface area contributed by atoms with Crippen LogP contribution in [0.2, 0.25) is 0 Å². The standard InChI is InChI=1S/C29H24F3N3O5/c1-39-23(15-16-24(36)37)34-21-13-11-18(12-14-21)26-25(35-28(40-26)19-7-3-2-4-8-19)27(38)33-17-20-9-5-6-10-22(20)29(30,31)32/h2-14H,15-17H2,1H3,(H,33,38)(H,36,37). The van der Waals surface area contributed by atoms with Crippen LogP contribution in [0.3, 0.4) is 0 Å². The monoisotopic (exact) mass is 551 g/mol. The summed E-state index contributed by atoms with van der Waals surface area (Å²) in [6.07, 6.45) is -4.60. The summed E-state index contributed by atoms with van der Waals surface area (Å²) in [5.74, 6) is -1.18. The highest BCUT2D eigenvalue weighted by Crippen LogP contribution is 2.33. The summed E-state index contributed by atoms with van der Waals surface area (Å²) in [7, 11) is 1.40. The summed E-state index contributed by atoms with van der Waals surface area (Å²) >= 11 is 0. The van der Waals surface area contributed by atoms with Gasteiger partial charge in [-0.3, -0.25) is 9.59 Å². The van der Waals surface area contributed by atoms with Crippen molar-refractivity contribution in [1.82, 2.24) is 10.3 Å². The zero-order valence-corrected chi connectivity index (χ0v) is 21.2. The molecule has 0 unspecified atom stereocenters. The molecule has 8 nitrogen and oxygen atoms in total. The van der Waals surface area contributed by atoms with E-state index < -0.39 is 23.6 Å². The van der Waals surface area contributed by atoms with E-state index in [9.17, 15) is 22.8 Å². The van der Waals surface area contributed by atoms with E-state index in [0.717, 1.165) is 6.07 Å². The molecule has 0 aliphatic carbocycles. The molecule has 4 rings (SSSR count). The van der Waals surface area contributed by atoms with Crippen molar-refractivity contribution in [2.75, 3.05) is 7.11 Å². The van der Waals surface area contributed by atoms with Crippen molar-refractivity contribution in [3.63, 3.8) is 0 Å². The SMILES string of the molecule is COC(CCC(=O)O)=Nc1ccc(-c2oc(-c3ccccc3)nc2C(=O)NCc2ccccc2C(F)(F)F)cc1. The topological polar surface area (TPSA) is 114 Å². The molecule has 11 heteroatoms. The minimum Gasteiger partial charge on any atom is -0.484 e. The van der Waals surface area contributed by atoms with Gasteiger partial charge in [-0.2, -0.15) is 13.2 Å². The fraction of sp³-hybridized carbons (Fsp3) is 0.172. The summed E-state index contributed by atoms with van der Waals surface area (Å²) in [6.45, 7) is -0.370. The molecule has 1 amide bonds. The van der Waals surface area contributed by atoms with Gasteiger partial charge in [0.15, 0.2) is 17.4 Å². The first-order valence-electron chi connectivity index (χ1n) is 12.1. The Morgan fingerprint density at radius 2 is 1.62 bits per heavy atom. The minimum absolute atomic E-state index is 0.0873. The molecule has 0 atom stereocenters. The number of carboxylic acid groups (broad SMARTS) is 1. The quantitative estimate of drug-likeness (QED) is 0.181. The number of rotatable bonds is 9. The van der Waals surface area contributed by atoms with Gasteiger partial charge >= 0.3 is 12.1 Å². The molecule has 3 aromatic carbocycles. The smallest absolute Gasteiger partial charge is 0.416 e. The van der Waals surface area contributed by atoms with Crippen molar-refractivity contribution in [1.29, 1.82) is 0 Å². The number of hydrogen-bond donors (Lipinski definition) is 2. The summed E-state index contributed by atoms with van der Waals surface area (Å²) in [4.78, 5) is 32.7. The highest BCUT2D eigenvalue weighted by atomic mass is 19.4. The number of aliphatic carboxylic acids is 1. The lowest BCUT2D eigenvalue weighted by molar-refractivity contribution is -0.138. The Morgan fingerprint density at radius 1 is 0.950 bits per heavy atom. The lowest BCUT2D eigenvalue weighted by Crippen LogP contribution is -2.25. The van der Waals surface area contributed by atoms with E-state index in [-0.39, 0.29) is 48.2 Å². The van der Waals surface area contributed by atoms with Gasteiger partial charge in [0.2, 0.25) is 5.89 Å². The maximum atomic E-state index is 13.4. The van der Waals surface area contributed by atoms with Crippen LogP contribution in [-0.2, 0) is 22.3 Å². The largest absolute Gasteiger partial charge is 0.484 e. The van der Waals surface area contributed by atoms with Crippen LogP contribution >= 0.6 is 0 Å². The third-order valence-corrected chi connectivity index (χ3v) is 5.80. The first-order valence-corrected chi connectivity index (χ1v) is 12.1. The lowest BCUT2D eigenvalue weighted by Gasteiger charge is -2.13. The summed E-state index contributed by atoms with van der Waals surface area (Å²) in [5, 5.41) is 11.4. The third kappa shape index (κ3) is 6.93. The van der Waals surface area contributed by atoms with Gasteiger partial charge in [-0.1, -0.05) is 36.4 Å². The highest BCUT2D eigenvalue weighted by Gasteiger charge is 2.33. The fourth-order valence-corrected chi connectivity index (χ4v) is 3.83. The predicted molar refractivity (Wildman–Crippen MR) is 141 cm³/mol. The Kier molecular flexibility index (Phi) is 8.63. The Hall–Kier alpha value is -4.93. The third-order valence-electron chi connectivity index (χ3n) is 5.80. The van der Waals surface area contributed by atoms with Crippen molar-refractivity contribution < 1.29 is 37.0 Å². The van der Waals surface area contributed by atoms with E-state index in [0.29, 0.717) is 16.8 Å². The Morgan fingerprint density at radius 3 is 2.27 bits per heavy atom. The molecule has 40 heavy (non-hydrogen) atoms. The van der Waals surface area contributed by atoms with E-state index in [4.69, 9.17) is 14.3 Å². The Bertz CT molecular complexity index is 1510. The van der Waals surface area contributed by atoms with Crippen molar-refractivity contribution in [2.24, 2.45) is 4.99 Å². The van der Waals surface area contributed by atoms with Crippen molar-refractivity contribution in [2.45, 2.75) is 25.6 Å². The number of oxazole rings is 1. The molecule has 0 radical (unpaired) electrons. The van der Waals surface area contributed by atoms with Gasteiger partial charge in [0, 0.05) is 24.1 Å². The summed E-state index contributed by atoms with van der Waals surface area (Å²) in [6, 6.07) is 20.4. The number of nitrogens with one attached hydrogen (secondary N) is 1. The molecule has 0 aliphatic heterocycles. The number of carbonyl (C=O) groups is 2. The van der Waals surface area contributed by atoms with Crippen LogP contribution < -0.4 is 5.32 Å². The van der Waals surface area contributed by atoms with Gasteiger partial charge in [0.25, 0.3) is 5.91 Å². The van der Waals surface area contributed by atoms with E-state index >= 15 is 0 Å². The average molecular weight is 552 g/mol. The second kappa shape index (κ2) is 12.3. The molecule has 4 aromatic rings.